The van der Waals surface area contributed by atoms with Crippen LogP contribution < -0.4 is 5.73 Å². The van der Waals surface area contributed by atoms with Crippen LogP contribution in [-0.4, -0.2) is 41.9 Å². The molecule has 4 N–H and O–H groups in total. The van der Waals surface area contributed by atoms with Gasteiger partial charge in [0.15, 0.2) is 0 Å². The number of hydrogen-bond acceptors (Lipinski definition) is 6. The molecule has 0 radical (unpaired) electrons. The number of benzene rings is 1. The first-order chi connectivity index (χ1) is 14.5. The van der Waals surface area contributed by atoms with E-state index in [9.17, 15) is 10.2 Å². The van der Waals surface area contributed by atoms with E-state index in [-0.39, 0.29) is 12.0 Å². The van der Waals surface area contributed by atoms with Crippen molar-refractivity contribution in [1.82, 2.24) is 19.5 Å². The van der Waals surface area contributed by atoms with Gasteiger partial charge in [-0.3, -0.25) is 4.98 Å². The minimum absolute atomic E-state index is 0.199. The highest BCUT2D eigenvalue weighted by atomic mass is 35.5. The summed E-state index contributed by atoms with van der Waals surface area (Å²) < 4.78 is 1.87. The lowest BCUT2D eigenvalue weighted by Crippen LogP contribution is -2.29. The van der Waals surface area contributed by atoms with Crippen molar-refractivity contribution < 1.29 is 10.2 Å². The Bertz CT molecular complexity index is 1270. The van der Waals surface area contributed by atoms with Gasteiger partial charge in [0.25, 0.3) is 0 Å². The number of anilines is 1. The molecule has 1 fully saturated rings. The first kappa shape index (κ1) is 19.0. The van der Waals surface area contributed by atoms with Gasteiger partial charge in [-0.1, -0.05) is 35.9 Å². The van der Waals surface area contributed by atoms with Crippen molar-refractivity contribution in [3.63, 3.8) is 0 Å². The summed E-state index contributed by atoms with van der Waals surface area (Å²) in [6.45, 7) is 0. The van der Waals surface area contributed by atoms with Crippen molar-refractivity contribution in [1.29, 1.82) is 0 Å². The van der Waals surface area contributed by atoms with Crippen LogP contribution in [0.1, 0.15) is 18.0 Å². The highest BCUT2D eigenvalue weighted by Gasteiger charge is 2.41. The van der Waals surface area contributed by atoms with Gasteiger partial charge in [0.05, 0.1) is 28.1 Å². The largest absolute Gasteiger partial charge is 0.390 e. The van der Waals surface area contributed by atoms with E-state index in [1.807, 2.05) is 53.2 Å². The molecule has 1 aromatic carbocycles. The average Bonchev–Trinajstić information content (AvgIpc) is 3.29. The number of hydrogen-bond donors (Lipinski definition) is 3. The molecule has 4 atom stereocenters. The van der Waals surface area contributed by atoms with Crippen LogP contribution in [0, 0.1) is 5.92 Å². The number of rotatable bonds is 3. The van der Waals surface area contributed by atoms with Crippen molar-refractivity contribution in [2.24, 2.45) is 5.92 Å². The highest BCUT2D eigenvalue weighted by molar-refractivity contribution is 6.31. The average molecular weight is 422 g/mol. The Morgan fingerprint density at radius 1 is 1.10 bits per heavy atom. The van der Waals surface area contributed by atoms with Gasteiger partial charge in [0, 0.05) is 23.7 Å². The zero-order chi connectivity index (χ0) is 20.8. The molecule has 0 unspecified atom stereocenters. The van der Waals surface area contributed by atoms with E-state index in [1.165, 1.54) is 6.33 Å². The third-order valence-electron chi connectivity index (χ3n) is 5.80. The predicted molar refractivity (Wildman–Crippen MR) is 117 cm³/mol. The summed E-state index contributed by atoms with van der Waals surface area (Å²) in [5.74, 6) is 0.199. The smallest absolute Gasteiger partial charge is 0.145 e. The maximum atomic E-state index is 10.7. The number of fused-ring (bicyclic) bond motifs is 2. The van der Waals surface area contributed by atoms with Crippen LogP contribution in [0.4, 0.5) is 5.82 Å². The Balaban J connectivity index is 1.40. The molecule has 30 heavy (non-hydrogen) atoms. The Labute approximate surface area is 177 Å². The van der Waals surface area contributed by atoms with Crippen LogP contribution in [0.15, 0.2) is 55.1 Å². The summed E-state index contributed by atoms with van der Waals surface area (Å²) in [4.78, 5) is 12.7. The molecule has 0 spiro atoms. The molecule has 1 aliphatic rings. The van der Waals surface area contributed by atoms with Crippen molar-refractivity contribution in [3.8, 4) is 0 Å². The first-order valence-electron chi connectivity index (χ1n) is 9.68. The summed E-state index contributed by atoms with van der Waals surface area (Å²) in [5, 5.41) is 23.6. The molecular formula is C22H20ClN5O2. The topological polar surface area (TPSA) is 110 Å². The van der Waals surface area contributed by atoms with Gasteiger partial charge < -0.3 is 20.5 Å². The van der Waals surface area contributed by atoms with E-state index >= 15 is 0 Å². The maximum Gasteiger partial charge on any atom is 0.145 e. The fourth-order valence-electron chi connectivity index (χ4n) is 4.22. The van der Waals surface area contributed by atoms with Gasteiger partial charge in [-0.15, -0.1) is 0 Å². The number of nitrogens with zero attached hydrogens (tertiary/aromatic N) is 4. The summed E-state index contributed by atoms with van der Waals surface area (Å²) in [6.07, 6.45) is 7.55. The number of nitrogens with two attached hydrogens (primary N) is 1. The molecule has 3 aromatic heterocycles. The normalized spacial score (nSPS) is 24.4. The Morgan fingerprint density at radius 3 is 2.83 bits per heavy atom. The minimum atomic E-state index is -0.910. The second-order valence-electron chi connectivity index (χ2n) is 7.63. The van der Waals surface area contributed by atoms with Gasteiger partial charge in [0.1, 0.15) is 23.9 Å². The molecule has 0 amide bonds. The third kappa shape index (κ3) is 3.21. The Morgan fingerprint density at radius 2 is 1.97 bits per heavy atom. The van der Waals surface area contributed by atoms with Crippen LogP contribution in [0.2, 0.25) is 5.02 Å². The fourth-order valence-corrected chi connectivity index (χ4v) is 4.38. The minimum Gasteiger partial charge on any atom is -0.390 e. The van der Waals surface area contributed by atoms with Crippen molar-refractivity contribution >= 4 is 45.4 Å². The van der Waals surface area contributed by atoms with Crippen molar-refractivity contribution in [3.05, 3.63) is 65.7 Å². The zero-order valence-electron chi connectivity index (χ0n) is 15.9. The fraction of sp³-hybridized carbons (Fsp3) is 0.227. The van der Waals surface area contributed by atoms with Crippen LogP contribution >= 0.6 is 11.6 Å². The lowest BCUT2D eigenvalue weighted by atomic mass is 10.0. The van der Waals surface area contributed by atoms with Gasteiger partial charge in [-0.2, -0.15) is 0 Å². The molecule has 0 bridgehead atoms. The predicted octanol–water partition coefficient (Wildman–Crippen LogP) is 3.21. The van der Waals surface area contributed by atoms with Crippen molar-refractivity contribution in [2.45, 2.75) is 24.7 Å². The van der Waals surface area contributed by atoms with E-state index in [0.29, 0.717) is 22.9 Å². The molecule has 8 heteroatoms. The summed E-state index contributed by atoms with van der Waals surface area (Å²) in [7, 11) is 0. The van der Waals surface area contributed by atoms with E-state index in [4.69, 9.17) is 17.3 Å². The van der Waals surface area contributed by atoms with E-state index in [1.54, 1.807) is 6.20 Å². The van der Waals surface area contributed by atoms with E-state index in [0.717, 1.165) is 21.9 Å². The molecule has 1 aliphatic carbocycles. The Hall–Kier alpha value is -3.00. The molecular weight excluding hydrogens is 402 g/mol. The Kier molecular flexibility index (Phi) is 4.66. The second-order valence-corrected chi connectivity index (χ2v) is 8.07. The molecule has 3 heterocycles. The number of aliphatic hydroxyl groups is 2. The van der Waals surface area contributed by atoms with E-state index < -0.39 is 12.2 Å². The van der Waals surface area contributed by atoms with Gasteiger partial charge in [-0.25, -0.2) is 9.97 Å². The van der Waals surface area contributed by atoms with Crippen LogP contribution in [-0.2, 0) is 0 Å². The molecule has 0 aliphatic heterocycles. The summed E-state index contributed by atoms with van der Waals surface area (Å²) in [5.41, 5.74) is 8.39. The highest BCUT2D eigenvalue weighted by Crippen LogP contribution is 2.38. The molecule has 0 saturated heterocycles. The number of aliphatic hydroxyl groups excluding tert-OH is 2. The van der Waals surface area contributed by atoms with Crippen LogP contribution in [0.3, 0.4) is 0 Å². The number of aromatic nitrogens is 4. The molecule has 1 saturated carbocycles. The molecule has 4 aromatic rings. The zero-order valence-corrected chi connectivity index (χ0v) is 16.7. The lowest BCUT2D eigenvalue weighted by molar-refractivity contribution is 0.0139. The monoisotopic (exact) mass is 421 g/mol. The number of halogens is 1. The van der Waals surface area contributed by atoms with Crippen LogP contribution in [0.5, 0.6) is 0 Å². The maximum absolute atomic E-state index is 10.7. The lowest BCUT2D eigenvalue weighted by Gasteiger charge is -2.18. The van der Waals surface area contributed by atoms with Gasteiger partial charge in [0.2, 0.25) is 0 Å². The number of pyridine rings is 1. The van der Waals surface area contributed by atoms with Crippen LogP contribution in [0.25, 0.3) is 28.0 Å². The summed E-state index contributed by atoms with van der Waals surface area (Å²) >= 11 is 5.99. The second kappa shape index (κ2) is 7.36. The SMILES string of the molecule is Nc1ncnc2c1ccn2[C@@H]1C[C@H](/C=C/c2ccc3cc(Cl)cnc3c2)[C@@H](O)[C@H]1O. The standard InChI is InChI=1S/C22H20ClN5O2/c23-15-8-13-3-1-12(7-17(13)25-10-15)2-4-14-9-18(20(30)19(14)29)28-6-5-16-21(24)26-11-27-22(16)28/h1-8,10-11,14,18-20,29-30H,9H2,(H2,24,26,27)/b4-2+/t14-,18+,19+,20-/m0/s1. The first-order valence-corrected chi connectivity index (χ1v) is 10.1. The number of nitrogen functional groups attached to an aromatic ring is 1. The third-order valence-corrected chi connectivity index (χ3v) is 6.01. The van der Waals surface area contributed by atoms with Gasteiger partial charge in [-0.05, 0) is 30.2 Å². The van der Waals surface area contributed by atoms with Crippen molar-refractivity contribution in [2.75, 3.05) is 5.73 Å². The van der Waals surface area contributed by atoms with E-state index in [2.05, 4.69) is 15.0 Å². The summed E-state index contributed by atoms with van der Waals surface area (Å²) in [6, 6.07) is 9.31. The molecule has 5 rings (SSSR count). The molecule has 7 nitrogen and oxygen atoms in total. The quantitative estimate of drug-likeness (QED) is 0.468. The van der Waals surface area contributed by atoms with Gasteiger partial charge >= 0.3 is 0 Å². The molecule has 152 valence electrons.